The highest BCUT2D eigenvalue weighted by Gasteiger charge is 2.34. The minimum Gasteiger partial charge on any atom is -0.362 e. The van der Waals surface area contributed by atoms with E-state index >= 15 is 0 Å². The van der Waals surface area contributed by atoms with Gasteiger partial charge in [0, 0.05) is 18.3 Å². The van der Waals surface area contributed by atoms with Gasteiger partial charge in [0.15, 0.2) is 9.84 Å². The predicted molar refractivity (Wildman–Crippen MR) is 72.9 cm³/mol. The molecule has 1 aliphatic carbocycles. The van der Waals surface area contributed by atoms with E-state index in [1.165, 1.54) is 6.26 Å². The van der Waals surface area contributed by atoms with Crippen molar-refractivity contribution in [1.29, 1.82) is 0 Å². The Morgan fingerprint density at radius 1 is 1.44 bits per heavy atom. The Hall–Kier alpha value is -0.810. The van der Waals surface area contributed by atoms with Crippen molar-refractivity contribution >= 4 is 27.3 Å². The predicted octanol–water partition coefficient (Wildman–Crippen LogP) is 2.45. The zero-order valence-corrected chi connectivity index (χ0v) is 11.9. The SMILES string of the molecule is CS(=O)(=O)c1cccnc1NC1(CCl)CCCC1. The van der Waals surface area contributed by atoms with Crippen LogP contribution in [0, 0.1) is 0 Å². The molecule has 1 saturated carbocycles. The first kappa shape index (κ1) is 13.6. The van der Waals surface area contributed by atoms with Gasteiger partial charge in [-0.1, -0.05) is 12.8 Å². The van der Waals surface area contributed by atoms with Crippen molar-refractivity contribution < 1.29 is 8.42 Å². The second-order valence-corrected chi connectivity index (χ2v) is 7.12. The fourth-order valence-corrected chi connectivity index (χ4v) is 3.49. The molecule has 0 aromatic carbocycles. The minimum atomic E-state index is -3.28. The first-order chi connectivity index (χ1) is 8.47. The van der Waals surface area contributed by atoms with Crippen LogP contribution in [-0.4, -0.2) is 31.1 Å². The average molecular weight is 289 g/mol. The quantitative estimate of drug-likeness (QED) is 0.865. The van der Waals surface area contributed by atoms with Crippen LogP contribution in [-0.2, 0) is 9.84 Å². The molecular weight excluding hydrogens is 272 g/mol. The average Bonchev–Trinajstić information content (AvgIpc) is 2.78. The maximum absolute atomic E-state index is 11.7. The van der Waals surface area contributed by atoms with Crippen LogP contribution in [0.4, 0.5) is 5.82 Å². The standard InChI is InChI=1S/C12H17ClN2O2S/c1-18(16,17)10-5-4-8-14-11(10)15-12(9-13)6-2-3-7-12/h4-5,8H,2-3,6-7,9H2,1H3,(H,14,15). The van der Waals surface area contributed by atoms with Gasteiger partial charge in [0.1, 0.15) is 10.7 Å². The van der Waals surface area contributed by atoms with Crippen LogP contribution >= 0.6 is 11.6 Å². The Bertz CT molecular complexity index is 525. The molecule has 0 bridgehead atoms. The van der Waals surface area contributed by atoms with Crippen molar-refractivity contribution in [3.05, 3.63) is 18.3 Å². The summed E-state index contributed by atoms with van der Waals surface area (Å²) in [5.74, 6) is 0.884. The minimum absolute atomic E-state index is 0.213. The molecule has 0 amide bonds. The first-order valence-electron chi connectivity index (χ1n) is 5.96. The maximum Gasteiger partial charge on any atom is 0.179 e. The molecule has 1 N–H and O–H groups in total. The van der Waals surface area contributed by atoms with Crippen LogP contribution in [0.15, 0.2) is 23.2 Å². The van der Waals surface area contributed by atoms with Crippen molar-refractivity contribution in [2.45, 2.75) is 36.1 Å². The van der Waals surface area contributed by atoms with E-state index < -0.39 is 9.84 Å². The molecule has 1 aromatic rings. The highest BCUT2D eigenvalue weighted by Crippen LogP contribution is 2.35. The van der Waals surface area contributed by atoms with E-state index in [0.717, 1.165) is 25.7 Å². The number of sulfone groups is 1. The number of pyridine rings is 1. The zero-order chi connectivity index (χ0) is 13.2. The van der Waals surface area contributed by atoms with Crippen molar-refractivity contribution in [2.24, 2.45) is 0 Å². The Kier molecular flexibility index (Phi) is 3.82. The van der Waals surface area contributed by atoms with Gasteiger partial charge in [0.2, 0.25) is 0 Å². The molecule has 0 aliphatic heterocycles. The molecule has 6 heteroatoms. The summed E-state index contributed by atoms with van der Waals surface area (Å²) in [6, 6.07) is 3.20. The van der Waals surface area contributed by atoms with E-state index in [-0.39, 0.29) is 10.4 Å². The summed E-state index contributed by atoms with van der Waals surface area (Å²) in [6.45, 7) is 0. The van der Waals surface area contributed by atoms with Gasteiger partial charge in [-0.05, 0) is 25.0 Å². The Morgan fingerprint density at radius 2 is 2.11 bits per heavy atom. The van der Waals surface area contributed by atoms with Crippen molar-refractivity contribution in [2.75, 3.05) is 17.5 Å². The number of nitrogens with zero attached hydrogens (tertiary/aromatic N) is 1. The lowest BCUT2D eigenvalue weighted by Crippen LogP contribution is -2.37. The summed E-state index contributed by atoms with van der Waals surface area (Å²) in [7, 11) is -3.28. The molecule has 0 atom stereocenters. The number of anilines is 1. The van der Waals surface area contributed by atoms with Gasteiger partial charge in [-0.25, -0.2) is 13.4 Å². The largest absolute Gasteiger partial charge is 0.362 e. The second kappa shape index (κ2) is 5.05. The van der Waals surface area contributed by atoms with Gasteiger partial charge in [0.25, 0.3) is 0 Å². The van der Waals surface area contributed by atoms with Crippen LogP contribution < -0.4 is 5.32 Å². The fraction of sp³-hybridized carbons (Fsp3) is 0.583. The Balaban J connectivity index is 2.35. The second-order valence-electron chi connectivity index (χ2n) is 4.87. The van der Waals surface area contributed by atoms with E-state index in [1.807, 2.05) is 0 Å². The van der Waals surface area contributed by atoms with Crippen LogP contribution in [0.1, 0.15) is 25.7 Å². The molecule has 4 nitrogen and oxygen atoms in total. The molecule has 1 fully saturated rings. The third kappa shape index (κ3) is 2.78. The zero-order valence-electron chi connectivity index (χ0n) is 10.3. The molecule has 2 rings (SSSR count). The molecule has 18 heavy (non-hydrogen) atoms. The first-order valence-corrected chi connectivity index (χ1v) is 8.39. The van der Waals surface area contributed by atoms with Gasteiger partial charge in [0.05, 0.1) is 5.54 Å². The molecule has 0 unspecified atom stereocenters. The van der Waals surface area contributed by atoms with E-state index in [9.17, 15) is 8.42 Å². The summed E-state index contributed by atoms with van der Waals surface area (Å²) in [5.41, 5.74) is -0.213. The summed E-state index contributed by atoms with van der Waals surface area (Å²) in [4.78, 5) is 4.39. The van der Waals surface area contributed by atoms with E-state index in [1.54, 1.807) is 18.3 Å². The van der Waals surface area contributed by atoms with Crippen LogP contribution in [0.3, 0.4) is 0 Å². The van der Waals surface area contributed by atoms with Gasteiger partial charge >= 0.3 is 0 Å². The molecule has 1 aliphatic rings. The fourth-order valence-electron chi connectivity index (χ4n) is 2.38. The molecule has 0 radical (unpaired) electrons. The highest BCUT2D eigenvalue weighted by molar-refractivity contribution is 7.90. The number of hydrogen-bond donors (Lipinski definition) is 1. The normalized spacial score (nSPS) is 18.8. The Morgan fingerprint density at radius 3 is 2.67 bits per heavy atom. The highest BCUT2D eigenvalue weighted by atomic mass is 35.5. The number of aromatic nitrogens is 1. The topological polar surface area (TPSA) is 59.1 Å². The van der Waals surface area contributed by atoms with Crippen LogP contribution in [0.25, 0.3) is 0 Å². The van der Waals surface area contributed by atoms with Crippen molar-refractivity contribution in [3.8, 4) is 0 Å². The lowest BCUT2D eigenvalue weighted by Gasteiger charge is -2.29. The van der Waals surface area contributed by atoms with Gasteiger partial charge < -0.3 is 5.32 Å². The summed E-state index contributed by atoms with van der Waals surface area (Å²) in [6.07, 6.45) is 6.92. The molecule has 1 heterocycles. The summed E-state index contributed by atoms with van der Waals surface area (Å²) in [5, 5.41) is 3.26. The smallest absolute Gasteiger partial charge is 0.179 e. The molecule has 0 saturated heterocycles. The van der Waals surface area contributed by atoms with Crippen LogP contribution in [0.5, 0.6) is 0 Å². The summed E-state index contributed by atoms with van der Waals surface area (Å²) < 4.78 is 23.4. The lowest BCUT2D eigenvalue weighted by atomic mass is 10.0. The maximum atomic E-state index is 11.7. The third-order valence-electron chi connectivity index (χ3n) is 3.37. The van der Waals surface area contributed by atoms with Crippen LogP contribution in [0.2, 0.25) is 0 Å². The monoisotopic (exact) mass is 288 g/mol. The molecule has 100 valence electrons. The lowest BCUT2D eigenvalue weighted by molar-refractivity contribution is 0.535. The number of nitrogens with one attached hydrogen (secondary N) is 1. The third-order valence-corrected chi connectivity index (χ3v) is 5.01. The Labute approximate surface area is 113 Å². The molecular formula is C12H17ClN2O2S. The molecule has 1 aromatic heterocycles. The number of alkyl halides is 1. The molecule has 0 spiro atoms. The number of rotatable bonds is 4. The van der Waals surface area contributed by atoms with Crippen molar-refractivity contribution in [3.63, 3.8) is 0 Å². The number of hydrogen-bond acceptors (Lipinski definition) is 4. The van der Waals surface area contributed by atoms with E-state index in [2.05, 4.69) is 10.3 Å². The van der Waals surface area contributed by atoms with Gasteiger partial charge in [-0.15, -0.1) is 11.6 Å². The van der Waals surface area contributed by atoms with E-state index in [0.29, 0.717) is 11.7 Å². The summed E-state index contributed by atoms with van der Waals surface area (Å²) >= 11 is 6.04. The number of halogens is 1. The van der Waals surface area contributed by atoms with Gasteiger partial charge in [-0.3, -0.25) is 0 Å². The van der Waals surface area contributed by atoms with E-state index in [4.69, 9.17) is 11.6 Å². The van der Waals surface area contributed by atoms with Crippen molar-refractivity contribution in [1.82, 2.24) is 4.98 Å². The van der Waals surface area contributed by atoms with Gasteiger partial charge in [-0.2, -0.15) is 0 Å².